The van der Waals surface area contributed by atoms with Crippen LogP contribution in [0.3, 0.4) is 0 Å². The monoisotopic (exact) mass is 493 g/mol. The number of nitrogens with zero attached hydrogens (tertiary/aromatic N) is 1. The first-order valence-corrected chi connectivity index (χ1v) is 9.68. The molecule has 132 valence electrons. The number of halogens is 3. The zero-order chi connectivity index (χ0) is 18.7. The van der Waals surface area contributed by atoms with Crippen molar-refractivity contribution in [3.8, 4) is 11.5 Å². The van der Waals surface area contributed by atoms with Gasteiger partial charge >= 0.3 is 0 Å². The normalized spacial score (nSPS) is 11.2. The fourth-order valence-electron chi connectivity index (χ4n) is 2.49. The lowest BCUT2D eigenvalue weighted by atomic mass is 10.0. The highest BCUT2D eigenvalue weighted by molar-refractivity contribution is 9.11. The molecule has 0 spiro atoms. The van der Waals surface area contributed by atoms with Crippen LogP contribution in [-0.4, -0.2) is 16.4 Å². The third-order valence-corrected chi connectivity index (χ3v) is 5.36. The Hall–Kier alpha value is -1.82. The molecule has 3 aromatic rings. The van der Waals surface area contributed by atoms with Crippen LogP contribution in [0, 0.1) is 0 Å². The average molecular weight is 496 g/mol. The molecule has 0 bridgehead atoms. The third kappa shape index (κ3) is 4.47. The van der Waals surface area contributed by atoms with Gasteiger partial charge in [0, 0.05) is 25.7 Å². The van der Waals surface area contributed by atoms with Crippen molar-refractivity contribution in [2.75, 3.05) is 0 Å². The Bertz CT molecular complexity index is 966. The Morgan fingerprint density at radius 2 is 1.65 bits per heavy atom. The molecule has 0 fully saturated rings. The number of rotatable bonds is 4. The van der Waals surface area contributed by atoms with Crippen LogP contribution in [0.5, 0.6) is 11.5 Å². The number of aromatic hydroxyl groups is 2. The fraction of sp³-hybridized carbons (Fsp3) is 0.0500. The number of benzene rings is 3. The number of hydrogen-bond acceptors (Lipinski definition) is 3. The van der Waals surface area contributed by atoms with Gasteiger partial charge in [0.05, 0.1) is 5.69 Å². The quantitative estimate of drug-likeness (QED) is 0.400. The van der Waals surface area contributed by atoms with Crippen LogP contribution in [0.15, 0.2) is 68.5 Å². The topological polar surface area (TPSA) is 52.8 Å². The minimum absolute atomic E-state index is 0.132. The Morgan fingerprint density at radius 3 is 2.35 bits per heavy atom. The molecule has 3 aromatic carbocycles. The zero-order valence-electron chi connectivity index (χ0n) is 13.5. The van der Waals surface area contributed by atoms with Gasteiger partial charge in [-0.25, -0.2) is 0 Å². The molecule has 0 radical (unpaired) electrons. The fourth-order valence-corrected chi connectivity index (χ4v) is 4.06. The minimum atomic E-state index is 0.132. The molecule has 0 amide bonds. The van der Waals surface area contributed by atoms with E-state index in [1.165, 1.54) is 0 Å². The van der Waals surface area contributed by atoms with E-state index in [0.717, 1.165) is 11.1 Å². The van der Waals surface area contributed by atoms with Gasteiger partial charge in [0.15, 0.2) is 0 Å². The van der Waals surface area contributed by atoms with E-state index in [0.29, 0.717) is 31.6 Å². The van der Waals surface area contributed by atoms with Gasteiger partial charge in [-0.15, -0.1) is 0 Å². The number of aliphatic imine (C=N–C) groups is 1. The van der Waals surface area contributed by atoms with Gasteiger partial charge < -0.3 is 10.2 Å². The lowest BCUT2D eigenvalue weighted by Gasteiger charge is -2.07. The molecular weight excluding hydrogens is 481 g/mol. The summed E-state index contributed by atoms with van der Waals surface area (Å²) in [6, 6.07) is 16.2. The summed E-state index contributed by atoms with van der Waals surface area (Å²) in [6.45, 7) is 0. The third-order valence-electron chi connectivity index (χ3n) is 3.78. The lowest BCUT2D eigenvalue weighted by molar-refractivity contribution is 0.473. The molecule has 0 aliphatic rings. The molecule has 0 saturated carbocycles. The van der Waals surface area contributed by atoms with E-state index in [9.17, 15) is 10.2 Å². The van der Waals surface area contributed by atoms with E-state index >= 15 is 0 Å². The molecule has 0 atom stereocenters. The van der Waals surface area contributed by atoms with Crippen molar-refractivity contribution in [1.82, 2.24) is 0 Å². The first-order valence-electron chi connectivity index (χ1n) is 7.71. The maximum absolute atomic E-state index is 10.1. The summed E-state index contributed by atoms with van der Waals surface area (Å²) in [4.78, 5) is 4.43. The summed E-state index contributed by atoms with van der Waals surface area (Å²) in [5.74, 6) is 0.273. The standard InChI is InChI=1S/C20H14Br2ClNO2/c21-16-9-15(25)10-17(22)20(16)24-11-14-8-12(5-6-19(14)26)7-13-3-1-2-4-18(13)23/h1-6,8-11,25-26H,7H2. The number of phenolic OH excluding ortho intramolecular Hbond substituents is 2. The zero-order valence-corrected chi connectivity index (χ0v) is 17.4. The Labute approximate surface area is 173 Å². The number of hydrogen-bond donors (Lipinski definition) is 2. The second-order valence-electron chi connectivity index (χ2n) is 5.68. The second kappa shape index (κ2) is 8.25. The average Bonchev–Trinajstić information content (AvgIpc) is 2.58. The molecule has 2 N–H and O–H groups in total. The molecule has 0 aliphatic heterocycles. The summed E-state index contributed by atoms with van der Waals surface area (Å²) >= 11 is 13.0. The molecule has 0 unspecified atom stereocenters. The molecule has 0 heterocycles. The lowest BCUT2D eigenvalue weighted by Crippen LogP contribution is -1.92. The van der Waals surface area contributed by atoms with Crippen molar-refractivity contribution in [2.45, 2.75) is 6.42 Å². The molecule has 26 heavy (non-hydrogen) atoms. The first kappa shape index (κ1) is 19.0. The van der Waals surface area contributed by atoms with Gasteiger partial charge in [-0.05, 0) is 79.7 Å². The number of phenols is 2. The van der Waals surface area contributed by atoms with Crippen LogP contribution in [0.2, 0.25) is 5.02 Å². The van der Waals surface area contributed by atoms with E-state index in [-0.39, 0.29) is 11.5 Å². The first-order chi connectivity index (χ1) is 12.4. The predicted molar refractivity (Wildman–Crippen MR) is 113 cm³/mol. The van der Waals surface area contributed by atoms with Gasteiger partial charge in [-0.1, -0.05) is 35.9 Å². The molecular formula is C20H14Br2ClNO2. The van der Waals surface area contributed by atoms with Crippen molar-refractivity contribution in [3.05, 3.63) is 85.3 Å². The summed E-state index contributed by atoms with van der Waals surface area (Å²) in [7, 11) is 0. The SMILES string of the molecule is Oc1cc(Br)c(N=Cc2cc(Cc3ccccc3Cl)ccc2O)c(Br)c1. The van der Waals surface area contributed by atoms with E-state index in [1.54, 1.807) is 24.4 Å². The highest BCUT2D eigenvalue weighted by atomic mass is 79.9. The van der Waals surface area contributed by atoms with E-state index in [4.69, 9.17) is 11.6 Å². The van der Waals surface area contributed by atoms with Crippen molar-refractivity contribution < 1.29 is 10.2 Å². The van der Waals surface area contributed by atoms with Crippen LogP contribution >= 0.6 is 43.5 Å². The molecule has 0 aromatic heterocycles. The Kier molecular flexibility index (Phi) is 6.01. The largest absolute Gasteiger partial charge is 0.508 e. The predicted octanol–water partition coefficient (Wildman–Crippen LogP) is 6.62. The van der Waals surface area contributed by atoms with Crippen LogP contribution in [0.4, 0.5) is 5.69 Å². The van der Waals surface area contributed by atoms with Crippen molar-refractivity contribution in [1.29, 1.82) is 0 Å². The van der Waals surface area contributed by atoms with Crippen LogP contribution in [0.25, 0.3) is 0 Å². The van der Waals surface area contributed by atoms with Crippen molar-refractivity contribution >= 4 is 55.4 Å². The molecule has 0 saturated heterocycles. The molecule has 0 aliphatic carbocycles. The maximum Gasteiger partial charge on any atom is 0.124 e. The Morgan fingerprint density at radius 1 is 0.962 bits per heavy atom. The van der Waals surface area contributed by atoms with E-state index in [2.05, 4.69) is 36.9 Å². The molecule has 3 nitrogen and oxygen atoms in total. The van der Waals surface area contributed by atoms with Gasteiger partial charge in [0.25, 0.3) is 0 Å². The van der Waals surface area contributed by atoms with Crippen molar-refractivity contribution in [2.24, 2.45) is 4.99 Å². The van der Waals surface area contributed by atoms with Crippen molar-refractivity contribution in [3.63, 3.8) is 0 Å². The molecule has 3 rings (SSSR count). The van der Waals surface area contributed by atoms with Gasteiger partial charge in [-0.2, -0.15) is 0 Å². The van der Waals surface area contributed by atoms with Gasteiger partial charge in [-0.3, -0.25) is 4.99 Å². The molecule has 6 heteroatoms. The summed E-state index contributed by atoms with van der Waals surface area (Å²) in [5.41, 5.74) is 3.26. The highest BCUT2D eigenvalue weighted by Gasteiger charge is 2.08. The van der Waals surface area contributed by atoms with Crippen LogP contribution in [0.1, 0.15) is 16.7 Å². The van der Waals surface area contributed by atoms with Gasteiger partial charge in [0.1, 0.15) is 11.5 Å². The van der Waals surface area contributed by atoms with Crippen LogP contribution in [-0.2, 0) is 6.42 Å². The highest BCUT2D eigenvalue weighted by Crippen LogP contribution is 2.37. The minimum Gasteiger partial charge on any atom is -0.508 e. The van der Waals surface area contributed by atoms with Gasteiger partial charge in [0.2, 0.25) is 0 Å². The summed E-state index contributed by atoms with van der Waals surface area (Å²) in [6.07, 6.45) is 2.25. The smallest absolute Gasteiger partial charge is 0.124 e. The maximum atomic E-state index is 10.1. The van der Waals surface area contributed by atoms with E-state index < -0.39 is 0 Å². The van der Waals surface area contributed by atoms with E-state index in [1.807, 2.05) is 36.4 Å². The summed E-state index contributed by atoms with van der Waals surface area (Å²) < 4.78 is 1.29. The second-order valence-corrected chi connectivity index (χ2v) is 7.79. The summed E-state index contributed by atoms with van der Waals surface area (Å²) in [5, 5.41) is 20.4. The van der Waals surface area contributed by atoms with Crippen LogP contribution < -0.4 is 0 Å². The Balaban J connectivity index is 1.90.